The van der Waals surface area contributed by atoms with Crippen LogP contribution in [0.5, 0.6) is 5.75 Å². The van der Waals surface area contributed by atoms with Gasteiger partial charge in [0.1, 0.15) is 23.5 Å². The number of nitrogens with one attached hydrogen (secondary N) is 1. The number of carbonyl (C=O) groups excluding carboxylic acids is 3. The molecule has 0 saturated heterocycles. The largest absolute Gasteiger partial charge is 0.505 e. The molecule has 0 spiro atoms. The number of aliphatic imine (C=N–C) groups is 1. The second-order valence-electron chi connectivity index (χ2n) is 12.2. The number of benzene rings is 1. The van der Waals surface area contributed by atoms with Gasteiger partial charge < -0.3 is 25.2 Å². The maximum Gasteiger partial charge on any atom is 0.187 e. The third-order valence-electron chi connectivity index (χ3n) is 10.4. The fraction of sp³-hybridized carbons (Fsp3) is 0.621. The third kappa shape index (κ3) is 3.34. The molecule has 1 aromatic rings. The number of phenols is 1. The number of fused-ring (bicyclic) bond motifs is 3. The Morgan fingerprint density at radius 1 is 1.23 bits per heavy atom. The average molecular weight is 538 g/mol. The average Bonchev–Trinajstić information content (AvgIpc) is 2.85. The summed E-state index contributed by atoms with van der Waals surface area (Å²) in [6, 6.07) is 6.66. The molecule has 4 rings (SSSR count). The first-order valence-electron chi connectivity index (χ1n) is 13.1. The summed E-state index contributed by atoms with van der Waals surface area (Å²) in [5.41, 5.74) is -5.27. The van der Waals surface area contributed by atoms with E-state index < -0.39 is 75.5 Å². The summed E-state index contributed by atoms with van der Waals surface area (Å²) in [6.45, 7) is 10.1. The van der Waals surface area contributed by atoms with Crippen molar-refractivity contribution in [1.29, 1.82) is 10.7 Å². The van der Waals surface area contributed by atoms with Crippen molar-refractivity contribution in [2.45, 2.75) is 71.7 Å². The number of carbonyl (C=O) groups is 3. The highest BCUT2D eigenvalue weighted by Gasteiger charge is 2.79. The van der Waals surface area contributed by atoms with Gasteiger partial charge in [0.2, 0.25) is 0 Å². The van der Waals surface area contributed by atoms with Crippen molar-refractivity contribution in [1.82, 2.24) is 0 Å². The van der Waals surface area contributed by atoms with Crippen LogP contribution in [-0.4, -0.2) is 61.6 Å². The van der Waals surface area contributed by atoms with Gasteiger partial charge in [-0.1, -0.05) is 40.7 Å². The van der Waals surface area contributed by atoms with E-state index in [1.54, 1.807) is 46.8 Å². The second kappa shape index (κ2) is 9.17. The molecule has 2 saturated carbocycles. The van der Waals surface area contributed by atoms with Crippen molar-refractivity contribution in [3.8, 4) is 11.8 Å². The summed E-state index contributed by atoms with van der Waals surface area (Å²) in [5.74, 6) is -8.44. The molecule has 3 aliphatic carbocycles. The molecule has 0 amide bonds. The smallest absolute Gasteiger partial charge is 0.187 e. The first kappa shape index (κ1) is 28.8. The van der Waals surface area contributed by atoms with Crippen LogP contribution in [0.2, 0.25) is 0 Å². The monoisotopic (exact) mass is 537 g/mol. The first-order valence-corrected chi connectivity index (χ1v) is 13.1. The molecule has 0 heterocycles. The van der Waals surface area contributed by atoms with Crippen molar-refractivity contribution >= 4 is 29.0 Å². The van der Waals surface area contributed by atoms with Crippen LogP contribution in [0.1, 0.15) is 69.8 Å². The first-order chi connectivity index (χ1) is 18.1. The molecular formula is C29H35N3O7. The Morgan fingerprint density at radius 2 is 1.85 bits per heavy atom. The molecule has 2 fully saturated rings. The number of ketones is 3. The van der Waals surface area contributed by atoms with E-state index in [9.17, 15) is 40.1 Å². The SMILES string of the molecule is CC(=O)C[C@@H]1[C@@]2(C)[C@H](C)c3ccc(N=C=N)c(O)c3C(=O)[C@@H]2C(O)[C@@]2(O)C(=O)[C@H](C#N)C(O)[C@H](C(C)C)[C@@]12C. The number of Topliss-reactive ketones (excluding diaryl/α,β-unsaturated/α-hetero) is 3. The molecule has 2 unspecified atom stereocenters. The molecule has 39 heavy (non-hydrogen) atoms. The normalized spacial score (nSPS) is 41.1. The Hall–Kier alpha value is -3.22. The zero-order chi connectivity index (χ0) is 29.4. The van der Waals surface area contributed by atoms with E-state index in [0.717, 1.165) is 0 Å². The highest BCUT2D eigenvalue weighted by atomic mass is 16.4. The predicted molar refractivity (Wildman–Crippen MR) is 139 cm³/mol. The van der Waals surface area contributed by atoms with E-state index in [0.29, 0.717) is 5.56 Å². The molecule has 3 aliphatic rings. The second-order valence-corrected chi connectivity index (χ2v) is 12.2. The number of aromatic hydroxyl groups is 1. The number of hydrogen-bond donors (Lipinski definition) is 5. The Bertz CT molecular complexity index is 1360. The van der Waals surface area contributed by atoms with Gasteiger partial charge in [-0.15, -0.1) is 0 Å². The van der Waals surface area contributed by atoms with Gasteiger partial charge in [0, 0.05) is 11.8 Å². The van der Waals surface area contributed by atoms with E-state index >= 15 is 0 Å². The molecule has 1 aromatic carbocycles. The summed E-state index contributed by atoms with van der Waals surface area (Å²) >= 11 is 0. The number of nitriles is 1. The van der Waals surface area contributed by atoms with Gasteiger partial charge in [0.25, 0.3) is 0 Å². The van der Waals surface area contributed by atoms with Crippen LogP contribution in [-0.2, 0) is 9.59 Å². The Morgan fingerprint density at radius 3 is 2.36 bits per heavy atom. The lowest BCUT2D eigenvalue weighted by atomic mass is 9.33. The van der Waals surface area contributed by atoms with Gasteiger partial charge >= 0.3 is 0 Å². The number of rotatable bonds is 4. The lowest BCUT2D eigenvalue weighted by Crippen LogP contribution is -2.81. The molecule has 0 bridgehead atoms. The highest BCUT2D eigenvalue weighted by molar-refractivity contribution is 6.07. The Labute approximate surface area is 226 Å². The molecule has 0 radical (unpaired) electrons. The predicted octanol–water partition coefficient (Wildman–Crippen LogP) is 2.76. The lowest BCUT2D eigenvalue weighted by molar-refractivity contribution is -0.291. The topological polar surface area (TPSA) is 192 Å². The van der Waals surface area contributed by atoms with Crippen molar-refractivity contribution in [3.05, 3.63) is 23.3 Å². The van der Waals surface area contributed by atoms with Gasteiger partial charge in [-0.2, -0.15) is 10.3 Å². The van der Waals surface area contributed by atoms with Gasteiger partial charge in [0.05, 0.1) is 29.7 Å². The number of nitrogens with zero attached hydrogens (tertiary/aromatic N) is 2. The van der Waals surface area contributed by atoms with Gasteiger partial charge in [0.15, 0.2) is 22.9 Å². The van der Waals surface area contributed by atoms with E-state index in [4.69, 9.17) is 5.41 Å². The van der Waals surface area contributed by atoms with Crippen LogP contribution in [0.3, 0.4) is 0 Å². The maximum atomic E-state index is 14.2. The molecule has 10 heteroatoms. The van der Waals surface area contributed by atoms with E-state index in [2.05, 4.69) is 4.99 Å². The van der Waals surface area contributed by atoms with Crippen molar-refractivity contribution in [2.75, 3.05) is 0 Å². The minimum atomic E-state index is -2.65. The Balaban J connectivity index is 2.13. The zero-order valence-electron chi connectivity index (χ0n) is 22.9. The molecule has 208 valence electrons. The van der Waals surface area contributed by atoms with Crippen LogP contribution in [0.4, 0.5) is 5.69 Å². The number of hydrogen-bond acceptors (Lipinski definition) is 10. The zero-order valence-corrected chi connectivity index (χ0v) is 22.9. The van der Waals surface area contributed by atoms with Crippen LogP contribution in [0, 0.1) is 57.2 Å². The number of aliphatic hydroxyl groups is 3. The van der Waals surface area contributed by atoms with Crippen molar-refractivity contribution < 1.29 is 34.8 Å². The summed E-state index contributed by atoms with van der Waals surface area (Å²) in [4.78, 5) is 44.6. The Kier molecular flexibility index (Phi) is 6.77. The molecule has 0 aliphatic heterocycles. The minimum absolute atomic E-state index is 0.0803. The molecule has 5 N–H and O–H groups in total. The summed E-state index contributed by atoms with van der Waals surface area (Å²) in [5, 5.41) is 63.7. The van der Waals surface area contributed by atoms with Crippen LogP contribution < -0.4 is 0 Å². The summed E-state index contributed by atoms with van der Waals surface area (Å²) < 4.78 is 0. The van der Waals surface area contributed by atoms with Gasteiger partial charge in [-0.05, 0) is 47.6 Å². The standard InChI is InChI=1S/C29H35N3O7/c1-12(2)20-22(34)16(10-30)25(37)29(39)26(38)21-24(36)19-15(7-8-17(23(19)35)32-11-31)14(4)27(21,5)18(9-13(3)33)28(20,29)6/h7-8,12,14,16,18,20-22,26,31,34-35,38-39H,9H2,1-6H3/t14-,16-,18-,20+,21-,22?,26?,27-,28-,29+/m1/s1. The van der Waals surface area contributed by atoms with Crippen molar-refractivity contribution in [2.24, 2.45) is 45.4 Å². The lowest BCUT2D eigenvalue weighted by Gasteiger charge is -2.70. The summed E-state index contributed by atoms with van der Waals surface area (Å²) in [7, 11) is 0. The fourth-order valence-corrected chi connectivity index (χ4v) is 8.68. The number of phenolic OH excluding ortho intramolecular Hbond substituents is 1. The molecule has 0 aromatic heterocycles. The van der Waals surface area contributed by atoms with Crippen LogP contribution in [0.25, 0.3) is 0 Å². The van der Waals surface area contributed by atoms with Crippen LogP contribution in [0.15, 0.2) is 17.1 Å². The quantitative estimate of drug-likeness (QED) is 0.362. The molecule has 10 nitrogen and oxygen atoms in total. The van der Waals surface area contributed by atoms with E-state index in [-0.39, 0.29) is 29.4 Å². The van der Waals surface area contributed by atoms with Crippen LogP contribution >= 0.6 is 0 Å². The van der Waals surface area contributed by atoms with E-state index in [1.165, 1.54) is 13.0 Å². The molecular weight excluding hydrogens is 502 g/mol. The van der Waals surface area contributed by atoms with Gasteiger partial charge in [-0.25, -0.2) is 5.41 Å². The summed E-state index contributed by atoms with van der Waals surface area (Å²) in [6.07, 6.45) is -3.64. The van der Waals surface area contributed by atoms with Gasteiger partial charge in [-0.3, -0.25) is 9.59 Å². The maximum absolute atomic E-state index is 14.2. The highest BCUT2D eigenvalue weighted by Crippen LogP contribution is 2.71. The fourth-order valence-electron chi connectivity index (χ4n) is 8.68. The minimum Gasteiger partial charge on any atom is -0.505 e. The third-order valence-corrected chi connectivity index (χ3v) is 10.4. The van der Waals surface area contributed by atoms with Crippen molar-refractivity contribution in [3.63, 3.8) is 0 Å². The number of aliphatic hydroxyl groups excluding tert-OH is 2. The molecule has 10 atom stereocenters. The van der Waals surface area contributed by atoms with E-state index in [1.807, 2.05) is 6.01 Å².